The van der Waals surface area contributed by atoms with Gasteiger partial charge in [0.05, 0.1) is 12.8 Å². The number of piperazine rings is 1. The number of rotatable bonds is 5. The minimum absolute atomic E-state index is 0.179. The summed E-state index contributed by atoms with van der Waals surface area (Å²) in [6, 6.07) is 7.59. The number of ether oxygens (including phenoxy) is 1. The number of nitrogens with two attached hydrogens (primary N) is 1. The summed E-state index contributed by atoms with van der Waals surface area (Å²) in [6.07, 6.45) is 1.61. The third-order valence-electron chi connectivity index (χ3n) is 3.88. The molecule has 2 aromatic rings. The van der Waals surface area contributed by atoms with Crippen molar-refractivity contribution in [2.45, 2.75) is 0 Å². The Morgan fingerprint density at radius 1 is 1.17 bits per heavy atom. The zero-order chi connectivity index (χ0) is 16.9. The van der Waals surface area contributed by atoms with Gasteiger partial charge in [-0.05, 0) is 24.3 Å². The molecule has 0 atom stereocenters. The molecule has 1 fully saturated rings. The Balaban J connectivity index is 1.77. The number of nitrogen functional groups attached to an aromatic ring is 1. The second kappa shape index (κ2) is 7.78. The first-order valence-corrected chi connectivity index (χ1v) is 8.59. The van der Waals surface area contributed by atoms with Gasteiger partial charge in [0.2, 0.25) is 5.95 Å². The van der Waals surface area contributed by atoms with E-state index in [2.05, 4.69) is 35.7 Å². The van der Waals surface area contributed by atoms with Gasteiger partial charge in [-0.2, -0.15) is 4.98 Å². The van der Waals surface area contributed by atoms with Crippen LogP contribution in [0.5, 0.6) is 11.5 Å². The number of aliphatic hydroxyl groups excluding tert-OH is 1. The molecule has 7 nitrogen and oxygen atoms in total. The predicted octanol–water partition coefficient (Wildman–Crippen LogP) is 1.73. The van der Waals surface area contributed by atoms with E-state index >= 15 is 0 Å². The third-order valence-corrected chi connectivity index (χ3v) is 4.41. The molecule has 8 heteroatoms. The molecule has 2 heterocycles. The highest BCUT2D eigenvalue weighted by Gasteiger charge is 2.21. The molecule has 0 bridgehead atoms. The Kier molecular flexibility index (Phi) is 5.49. The Hall–Kier alpha value is -1.90. The van der Waals surface area contributed by atoms with Gasteiger partial charge in [-0.1, -0.05) is 15.9 Å². The van der Waals surface area contributed by atoms with Crippen LogP contribution in [0.1, 0.15) is 0 Å². The van der Waals surface area contributed by atoms with Crippen LogP contribution in [0.4, 0.5) is 11.8 Å². The van der Waals surface area contributed by atoms with Crippen molar-refractivity contribution in [3.05, 3.63) is 34.9 Å². The lowest BCUT2D eigenvalue weighted by Crippen LogP contribution is -2.47. The molecule has 0 aliphatic carbocycles. The second-order valence-corrected chi connectivity index (χ2v) is 6.44. The van der Waals surface area contributed by atoms with Crippen molar-refractivity contribution in [1.82, 2.24) is 14.9 Å². The fourth-order valence-corrected chi connectivity index (χ4v) is 2.89. The monoisotopic (exact) mass is 393 g/mol. The number of halogens is 1. The molecule has 0 amide bonds. The zero-order valence-electron chi connectivity index (χ0n) is 13.2. The number of aromatic nitrogens is 2. The summed E-state index contributed by atoms with van der Waals surface area (Å²) < 4.78 is 6.94. The molecule has 1 saturated heterocycles. The summed E-state index contributed by atoms with van der Waals surface area (Å²) in [4.78, 5) is 12.8. The number of aliphatic hydroxyl groups is 1. The molecule has 24 heavy (non-hydrogen) atoms. The minimum atomic E-state index is 0.179. The van der Waals surface area contributed by atoms with Crippen LogP contribution < -0.4 is 15.4 Å². The fraction of sp³-hybridized carbons (Fsp3) is 0.375. The summed E-state index contributed by atoms with van der Waals surface area (Å²) >= 11 is 3.41. The second-order valence-electron chi connectivity index (χ2n) is 5.52. The molecular weight excluding hydrogens is 374 g/mol. The van der Waals surface area contributed by atoms with E-state index in [4.69, 9.17) is 15.6 Å². The lowest BCUT2D eigenvalue weighted by atomic mass is 10.3. The van der Waals surface area contributed by atoms with Crippen LogP contribution in [0.25, 0.3) is 0 Å². The van der Waals surface area contributed by atoms with Crippen LogP contribution in [0, 0.1) is 0 Å². The van der Waals surface area contributed by atoms with E-state index in [1.807, 2.05) is 24.3 Å². The summed E-state index contributed by atoms with van der Waals surface area (Å²) in [5.41, 5.74) is 5.77. The Labute approximate surface area is 149 Å². The topological polar surface area (TPSA) is 87.7 Å². The first-order chi connectivity index (χ1) is 11.7. The van der Waals surface area contributed by atoms with Crippen LogP contribution in [0.2, 0.25) is 0 Å². The van der Waals surface area contributed by atoms with E-state index in [9.17, 15) is 0 Å². The van der Waals surface area contributed by atoms with Crippen molar-refractivity contribution >= 4 is 27.7 Å². The number of hydrogen-bond acceptors (Lipinski definition) is 7. The van der Waals surface area contributed by atoms with Crippen LogP contribution in [0.3, 0.4) is 0 Å². The highest BCUT2D eigenvalue weighted by molar-refractivity contribution is 9.10. The number of β-amino-alcohol motifs (C(OH)–C–C–N with tert-alkyl or cyclic N) is 1. The first kappa shape index (κ1) is 16.9. The van der Waals surface area contributed by atoms with Gasteiger partial charge in [0.25, 0.3) is 0 Å². The number of anilines is 2. The van der Waals surface area contributed by atoms with Crippen molar-refractivity contribution in [3.8, 4) is 11.5 Å². The maximum atomic E-state index is 9.05. The maximum Gasteiger partial charge on any atom is 0.222 e. The molecule has 1 aliphatic rings. The molecule has 0 spiro atoms. The molecule has 3 N–H and O–H groups in total. The van der Waals surface area contributed by atoms with Crippen LogP contribution in [-0.4, -0.2) is 59.3 Å². The quantitative estimate of drug-likeness (QED) is 0.799. The van der Waals surface area contributed by atoms with Crippen LogP contribution in [-0.2, 0) is 0 Å². The predicted molar refractivity (Wildman–Crippen MR) is 96.4 cm³/mol. The fourth-order valence-electron chi connectivity index (χ4n) is 2.63. The molecule has 0 saturated carbocycles. The lowest BCUT2D eigenvalue weighted by Gasteiger charge is -2.35. The van der Waals surface area contributed by atoms with Crippen molar-refractivity contribution in [2.24, 2.45) is 0 Å². The van der Waals surface area contributed by atoms with Gasteiger partial charge < -0.3 is 20.5 Å². The lowest BCUT2D eigenvalue weighted by molar-refractivity contribution is 0.188. The normalized spacial score (nSPS) is 15.5. The highest BCUT2D eigenvalue weighted by atomic mass is 79.9. The standard InChI is InChI=1S/C16H20BrN5O2/c17-12-1-3-13(4-2-12)24-14-11-19-16(18)20-15(14)22-7-5-21(6-8-22)9-10-23/h1-4,11,23H,5-10H2,(H2,18,19,20). The average molecular weight is 394 g/mol. The summed E-state index contributed by atoms with van der Waals surface area (Å²) in [5, 5.41) is 9.05. The van der Waals surface area contributed by atoms with E-state index in [1.165, 1.54) is 0 Å². The zero-order valence-corrected chi connectivity index (χ0v) is 14.8. The van der Waals surface area contributed by atoms with E-state index in [0.717, 1.165) is 30.7 Å². The van der Waals surface area contributed by atoms with Crippen molar-refractivity contribution < 1.29 is 9.84 Å². The third kappa shape index (κ3) is 4.14. The molecule has 1 aromatic carbocycles. The largest absolute Gasteiger partial charge is 0.452 e. The molecule has 1 aromatic heterocycles. The van der Waals surface area contributed by atoms with Gasteiger partial charge in [0.15, 0.2) is 11.6 Å². The Bertz CT molecular complexity index is 675. The van der Waals surface area contributed by atoms with Crippen molar-refractivity contribution in [3.63, 3.8) is 0 Å². The van der Waals surface area contributed by atoms with Gasteiger partial charge >= 0.3 is 0 Å². The summed E-state index contributed by atoms with van der Waals surface area (Å²) in [7, 11) is 0. The number of nitrogens with zero attached hydrogens (tertiary/aromatic N) is 4. The van der Waals surface area contributed by atoms with Crippen molar-refractivity contribution in [2.75, 3.05) is 50.0 Å². The molecule has 0 radical (unpaired) electrons. The summed E-state index contributed by atoms with van der Waals surface area (Å²) in [6.45, 7) is 4.20. The smallest absolute Gasteiger partial charge is 0.222 e. The Morgan fingerprint density at radius 3 is 2.54 bits per heavy atom. The molecule has 1 aliphatic heterocycles. The minimum Gasteiger partial charge on any atom is -0.452 e. The Morgan fingerprint density at radius 2 is 1.88 bits per heavy atom. The maximum absolute atomic E-state index is 9.05. The first-order valence-electron chi connectivity index (χ1n) is 7.80. The van der Waals surface area contributed by atoms with Crippen molar-refractivity contribution in [1.29, 1.82) is 0 Å². The van der Waals surface area contributed by atoms with Gasteiger partial charge in [-0.15, -0.1) is 0 Å². The number of hydrogen-bond donors (Lipinski definition) is 2. The molecule has 3 rings (SSSR count). The highest BCUT2D eigenvalue weighted by Crippen LogP contribution is 2.31. The molecular formula is C16H20BrN5O2. The van der Waals surface area contributed by atoms with E-state index in [-0.39, 0.29) is 12.6 Å². The van der Waals surface area contributed by atoms with E-state index in [0.29, 0.717) is 23.9 Å². The molecule has 0 unspecified atom stereocenters. The SMILES string of the molecule is Nc1ncc(Oc2ccc(Br)cc2)c(N2CCN(CCO)CC2)n1. The number of benzene rings is 1. The van der Waals surface area contributed by atoms with E-state index in [1.54, 1.807) is 6.20 Å². The van der Waals surface area contributed by atoms with Crippen LogP contribution in [0.15, 0.2) is 34.9 Å². The summed E-state index contributed by atoms with van der Waals surface area (Å²) in [5.74, 6) is 2.23. The van der Waals surface area contributed by atoms with Gasteiger partial charge in [-0.25, -0.2) is 4.98 Å². The van der Waals surface area contributed by atoms with Crippen LogP contribution >= 0.6 is 15.9 Å². The van der Waals surface area contributed by atoms with Gasteiger partial charge in [-0.3, -0.25) is 4.90 Å². The van der Waals surface area contributed by atoms with E-state index < -0.39 is 0 Å². The molecule has 128 valence electrons. The average Bonchev–Trinajstić information content (AvgIpc) is 2.59. The van der Waals surface area contributed by atoms with Gasteiger partial charge in [0, 0.05) is 37.2 Å². The van der Waals surface area contributed by atoms with Gasteiger partial charge in [0.1, 0.15) is 5.75 Å².